The summed E-state index contributed by atoms with van der Waals surface area (Å²) >= 11 is 0. The summed E-state index contributed by atoms with van der Waals surface area (Å²) in [6.07, 6.45) is 1.04. The number of carbonyl (C=O) groups excluding carboxylic acids is 2. The molecule has 0 radical (unpaired) electrons. The molecule has 3 aromatic rings. The lowest BCUT2D eigenvalue weighted by molar-refractivity contribution is -0.145. The summed E-state index contributed by atoms with van der Waals surface area (Å²) in [6.45, 7) is 0.233. The van der Waals surface area contributed by atoms with Crippen LogP contribution in [0.1, 0.15) is 28.9 Å². The Bertz CT molecular complexity index is 1290. The Labute approximate surface area is 211 Å². The minimum Gasteiger partial charge on any atom is -0.480 e. The van der Waals surface area contributed by atoms with Crippen molar-refractivity contribution in [2.24, 2.45) is 5.90 Å². The Morgan fingerprint density at radius 1 is 1.16 bits per heavy atom. The van der Waals surface area contributed by atoms with Crippen LogP contribution in [0.3, 0.4) is 0 Å². The second kappa shape index (κ2) is 13.5. The van der Waals surface area contributed by atoms with Gasteiger partial charge in [-0.25, -0.2) is 14.8 Å². The number of rotatable bonds is 9. The SMILES string of the molecule is CN(C)C.NOC(=O)CC[C@H](NC(=O)c1ccc(NCc2cnc3[nH]c(N)nc(=O)c3n2)cc1)C(=O)O. The van der Waals surface area contributed by atoms with E-state index in [0.29, 0.717) is 11.4 Å². The van der Waals surface area contributed by atoms with Crippen molar-refractivity contribution in [2.75, 3.05) is 32.2 Å². The number of nitrogens with zero attached hydrogens (tertiary/aromatic N) is 4. The number of carbonyl (C=O) groups is 3. The summed E-state index contributed by atoms with van der Waals surface area (Å²) in [5.74, 6) is 1.97. The molecule has 1 amide bonds. The Balaban J connectivity index is 0.00000112. The van der Waals surface area contributed by atoms with Crippen LogP contribution in [0.2, 0.25) is 0 Å². The van der Waals surface area contributed by atoms with Gasteiger partial charge in [0.1, 0.15) is 6.04 Å². The number of H-pyrrole nitrogens is 1. The molecular formula is C22H29N9O6. The van der Waals surface area contributed by atoms with Crippen molar-refractivity contribution < 1.29 is 24.3 Å². The number of hydrogen-bond acceptors (Lipinski definition) is 12. The number of nitrogens with two attached hydrogens (primary N) is 2. The number of nitrogens with one attached hydrogen (secondary N) is 3. The molecule has 0 saturated heterocycles. The number of carboxylic acid groups (broad SMARTS) is 1. The Hall–Kier alpha value is -4.63. The highest BCUT2D eigenvalue weighted by Gasteiger charge is 2.22. The van der Waals surface area contributed by atoms with Crippen LogP contribution >= 0.6 is 0 Å². The van der Waals surface area contributed by atoms with Crippen molar-refractivity contribution in [2.45, 2.75) is 25.4 Å². The van der Waals surface area contributed by atoms with Crippen LogP contribution in [-0.4, -0.2) is 75.0 Å². The highest BCUT2D eigenvalue weighted by atomic mass is 16.7. The topological polar surface area (TPSA) is 232 Å². The van der Waals surface area contributed by atoms with Crippen LogP contribution in [-0.2, 0) is 21.0 Å². The summed E-state index contributed by atoms with van der Waals surface area (Å²) < 4.78 is 0. The number of nitrogen functional groups attached to an aromatic ring is 1. The Morgan fingerprint density at radius 3 is 2.41 bits per heavy atom. The van der Waals surface area contributed by atoms with E-state index in [9.17, 15) is 24.3 Å². The summed E-state index contributed by atoms with van der Waals surface area (Å²) in [5.41, 5.74) is 6.50. The van der Waals surface area contributed by atoms with Crippen LogP contribution in [0.25, 0.3) is 11.2 Å². The van der Waals surface area contributed by atoms with E-state index in [1.807, 2.05) is 26.0 Å². The second-order valence-electron chi connectivity index (χ2n) is 8.15. The van der Waals surface area contributed by atoms with Crippen molar-refractivity contribution in [1.29, 1.82) is 0 Å². The van der Waals surface area contributed by atoms with Crippen LogP contribution in [0.4, 0.5) is 11.6 Å². The number of amides is 1. The molecule has 1 atom stereocenters. The number of fused-ring (bicyclic) bond motifs is 1. The first-order chi connectivity index (χ1) is 17.5. The van der Waals surface area contributed by atoms with Crippen molar-refractivity contribution in [3.8, 4) is 0 Å². The van der Waals surface area contributed by atoms with Crippen molar-refractivity contribution in [3.63, 3.8) is 0 Å². The lowest BCUT2D eigenvalue weighted by atomic mass is 10.1. The molecule has 2 heterocycles. The zero-order valence-electron chi connectivity index (χ0n) is 20.5. The summed E-state index contributed by atoms with van der Waals surface area (Å²) in [4.78, 5) is 67.2. The van der Waals surface area contributed by atoms with Crippen molar-refractivity contribution >= 4 is 40.6 Å². The number of hydrogen-bond donors (Lipinski definition) is 6. The lowest BCUT2D eigenvalue weighted by Crippen LogP contribution is -2.41. The molecule has 37 heavy (non-hydrogen) atoms. The van der Waals surface area contributed by atoms with E-state index < -0.39 is 29.4 Å². The number of benzene rings is 1. The molecule has 0 unspecified atom stereocenters. The molecular weight excluding hydrogens is 486 g/mol. The fraction of sp³-hybridized carbons (Fsp3) is 0.318. The Kier molecular flexibility index (Phi) is 10.4. The molecule has 0 aliphatic rings. The van der Waals surface area contributed by atoms with Gasteiger partial charge in [-0.1, -0.05) is 0 Å². The fourth-order valence-corrected chi connectivity index (χ4v) is 2.82. The van der Waals surface area contributed by atoms with E-state index in [0.717, 1.165) is 0 Å². The van der Waals surface area contributed by atoms with Gasteiger partial charge in [0.15, 0.2) is 11.2 Å². The van der Waals surface area contributed by atoms with Crippen LogP contribution in [0.15, 0.2) is 35.3 Å². The molecule has 8 N–H and O–H groups in total. The predicted octanol–water partition coefficient (Wildman–Crippen LogP) is -0.535. The molecule has 0 spiro atoms. The third-order valence-electron chi connectivity index (χ3n) is 4.49. The average Bonchev–Trinajstić information content (AvgIpc) is 2.84. The van der Waals surface area contributed by atoms with Gasteiger partial charge in [-0.15, -0.1) is 0 Å². The van der Waals surface area contributed by atoms with Crippen LogP contribution in [0, 0.1) is 0 Å². The first-order valence-corrected chi connectivity index (χ1v) is 10.9. The molecule has 2 aromatic heterocycles. The van der Waals surface area contributed by atoms with Gasteiger partial charge in [0.25, 0.3) is 5.91 Å². The quantitative estimate of drug-likeness (QED) is 0.197. The monoisotopic (exact) mass is 515 g/mol. The highest BCUT2D eigenvalue weighted by molar-refractivity contribution is 5.97. The van der Waals surface area contributed by atoms with Gasteiger partial charge >= 0.3 is 17.5 Å². The molecule has 0 bridgehead atoms. The minimum atomic E-state index is -1.29. The molecule has 0 fully saturated rings. The van der Waals surface area contributed by atoms with E-state index in [4.69, 9.17) is 11.6 Å². The number of aromatic amines is 1. The first kappa shape index (κ1) is 28.6. The standard InChI is InChI=1S/C19H20N8O6.C3H9N/c20-19-26-15-14(17(30)27-19)24-11(8-23-15)7-22-10-3-1-9(2-4-10)16(29)25-12(18(31)32)5-6-13(28)33-21;1-4(2)3/h1-4,8,12,22H,5-7,21H2,(H,25,29)(H,31,32)(H3,20,23,26,27,30);1-3H3/t12-;/m0./s1. The number of anilines is 2. The van der Waals surface area contributed by atoms with Gasteiger partial charge in [0.2, 0.25) is 5.95 Å². The summed E-state index contributed by atoms with van der Waals surface area (Å²) in [5, 5.41) is 14.6. The highest BCUT2D eigenvalue weighted by Crippen LogP contribution is 2.12. The molecule has 0 aliphatic carbocycles. The zero-order chi connectivity index (χ0) is 27.5. The van der Waals surface area contributed by atoms with E-state index in [1.165, 1.54) is 18.3 Å². The summed E-state index contributed by atoms with van der Waals surface area (Å²) in [6, 6.07) is 4.93. The third-order valence-corrected chi connectivity index (χ3v) is 4.49. The maximum Gasteiger partial charge on any atom is 0.326 e. The lowest BCUT2D eigenvalue weighted by Gasteiger charge is -2.14. The smallest absolute Gasteiger partial charge is 0.326 e. The van der Waals surface area contributed by atoms with Gasteiger partial charge in [-0.3, -0.25) is 14.4 Å². The fourth-order valence-electron chi connectivity index (χ4n) is 2.82. The van der Waals surface area contributed by atoms with Crippen molar-refractivity contribution in [3.05, 3.63) is 52.1 Å². The maximum atomic E-state index is 12.3. The van der Waals surface area contributed by atoms with E-state index in [1.54, 1.807) is 12.1 Å². The van der Waals surface area contributed by atoms with Gasteiger partial charge < -0.3 is 36.2 Å². The number of carboxylic acids is 1. The molecule has 15 heteroatoms. The third kappa shape index (κ3) is 9.15. The van der Waals surface area contributed by atoms with Gasteiger partial charge in [-0.05, 0) is 51.8 Å². The average molecular weight is 516 g/mol. The van der Waals surface area contributed by atoms with E-state index in [-0.39, 0.29) is 42.1 Å². The van der Waals surface area contributed by atoms with Gasteiger partial charge in [0, 0.05) is 17.7 Å². The largest absolute Gasteiger partial charge is 0.480 e. The summed E-state index contributed by atoms with van der Waals surface area (Å²) in [7, 11) is 6.00. The number of aromatic nitrogens is 4. The molecule has 3 rings (SSSR count). The van der Waals surface area contributed by atoms with Gasteiger partial charge in [-0.2, -0.15) is 10.9 Å². The predicted molar refractivity (Wildman–Crippen MR) is 134 cm³/mol. The molecule has 1 aromatic carbocycles. The maximum absolute atomic E-state index is 12.3. The Morgan fingerprint density at radius 2 is 1.81 bits per heavy atom. The molecule has 0 aliphatic heterocycles. The first-order valence-electron chi connectivity index (χ1n) is 10.9. The zero-order valence-corrected chi connectivity index (χ0v) is 20.5. The number of aliphatic carboxylic acids is 1. The molecule has 198 valence electrons. The molecule has 0 saturated carbocycles. The minimum absolute atomic E-state index is 0.0514. The molecule has 15 nitrogen and oxygen atoms in total. The van der Waals surface area contributed by atoms with Gasteiger partial charge in [0.05, 0.1) is 18.4 Å². The van der Waals surface area contributed by atoms with E-state index >= 15 is 0 Å². The van der Waals surface area contributed by atoms with Crippen LogP contribution in [0.5, 0.6) is 0 Å². The second-order valence-corrected chi connectivity index (χ2v) is 8.15. The van der Waals surface area contributed by atoms with Crippen molar-refractivity contribution in [1.82, 2.24) is 30.2 Å². The normalized spacial score (nSPS) is 11.3. The van der Waals surface area contributed by atoms with Crippen LogP contribution < -0.4 is 27.8 Å². The van der Waals surface area contributed by atoms with E-state index in [2.05, 4.69) is 35.4 Å².